The van der Waals surface area contributed by atoms with Gasteiger partial charge in [-0.2, -0.15) is 0 Å². The summed E-state index contributed by atoms with van der Waals surface area (Å²) in [5.74, 6) is 3.02. The van der Waals surface area contributed by atoms with Crippen LogP contribution in [0, 0.1) is 46.3 Å². The Hall–Kier alpha value is -0.860. The second kappa shape index (κ2) is 8.71. The van der Waals surface area contributed by atoms with Crippen molar-refractivity contribution in [1.29, 1.82) is 0 Å². The lowest BCUT2D eigenvalue weighted by Crippen LogP contribution is -2.56. The third-order valence-electron chi connectivity index (χ3n) is 9.96. The summed E-state index contributed by atoms with van der Waals surface area (Å²) in [5.41, 5.74) is 0.637. The molecule has 166 valence electrons. The van der Waals surface area contributed by atoms with Crippen LogP contribution in [0.3, 0.4) is 0 Å². The highest BCUT2D eigenvalue weighted by molar-refractivity contribution is 5.83. The van der Waals surface area contributed by atoms with Gasteiger partial charge in [0, 0.05) is 18.8 Å². The maximum atomic E-state index is 13.3. The number of rotatable bonds is 4. The highest BCUT2D eigenvalue weighted by Crippen LogP contribution is 2.67. The van der Waals surface area contributed by atoms with Crippen LogP contribution in [0.4, 0.5) is 0 Å². The number of carbonyl (C=O) groups excluding carboxylic acids is 1. The van der Waals surface area contributed by atoms with Crippen LogP contribution in [-0.2, 0) is 9.59 Å². The molecule has 4 saturated carbocycles. The van der Waals surface area contributed by atoms with Gasteiger partial charge < -0.3 is 5.11 Å². The van der Waals surface area contributed by atoms with Gasteiger partial charge in [-0.15, -0.1) is 0 Å². The third-order valence-corrected chi connectivity index (χ3v) is 9.96. The van der Waals surface area contributed by atoms with Gasteiger partial charge >= 0.3 is 5.97 Å². The first-order valence-electron chi connectivity index (χ1n) is 12.5. The van der Waals surface area contributed by atoms with Crippen LogP contribution in [-0.4, -0.2) is 16.9 Å². The lowest BCUT2D eigenvalue weighted by atomic mass is 9.44. The number of hydrogen-bond donors (Lipinski definition) is 1. The van der Waals surface area contributed by atoms with E-state index in [4.69, 9.17) is 5.11 Å². The lowest BCUT2D eigenvalue weighted by molar-refractivity contribution is -0.156. The molecular weight excluding hydrogens is 360 g/mol. The fraction of sp³-hybridized carbons (Fsp3) is 0.923. The summed E-state index contributed by atoms with van der Waals surface area (Å²) in [5, 5.41) is 9.08. The minimum Gasteiger partial charge on any atom is -0.481 e. The summed E-state index contributed by atoms with van der Waals surface area (Å²) in [7, 11) is 0. The van der Waals surface area contributed by atoms with Crippen molar-refractivity contribution in [2.45, 2.75) is 105 Å². The summed E-state index contributed by atoms with van der Waals surface area (Å²) < 4.78 is 0. The topological polar surface area (TPSA) is 54.4 Å². The van der Waals surface area contributed by atoms with E-state index in [9.17, 15) is 9.59 Å². The van der Waals surface area contributed by atoms with Crippen LogP contribution >= 0.6 is 0 Å². The summed E-state index contributed by atoms with van der Waals surface area (Å²) in [4.78, 5) is 24.4. The van der Waals surface area contributed by atoms with E-state index in [2.05, 4.69) is 20.8 Å². The van der Waals surface area contributed by atoms with Crippen LogP contribution in [0.2, 0.25) is 0 Å². The molecule has 4 aliphatic rings. The molecule has 0 aliphatic heterocycles. The maximum absolute atomic E-state index is 13.3. The summed E-state index contributed by atoms with van der Waals surface area (Å²) >= 11 is 0. The molecule has 0 aromatic heterocycles. The molecular formula is C26H44O3. The number of hydrogen-bond acceptors (Lipinski definition) is 2. The van der Waals surface area contributed by atoms with Crippen molar-refractivity contribution < 1.29 is 14.7 Å². The van der Waals surface area contributed by atoms with Gasteiger partial charge in [0.1, 0.15) is 5.78 Å². The monoisotopic (exact) mass is 404 g/mol. The Morgan fingerprint density at radius 1 is 1.03 bits per heavy atom. The van der Waals surface area contributed by atoms with Crippen molar-refractivity contribution in [2.24, 2.45) is 46.3 Å². The molecule has 0 aromatic rings. The first-order valence-corrected chi connectivity index (χ1v) is 12.5. The van der Waals surface area contributed by atoms with E-state index in [1.165, 1.54) is 51.4 Å². The average molecular weight is 405 g/mol. The predicted octanol–water partition coefficient (Wildman–Crippen LogP) is 6.74. The zero-order valence-electron chi connectivity index (χ0n) is 19.5. The number of ketones is 1. The molecule has 4 fully saturated rings. The summed E-state index contributed by atoms with van der Waals surface area (Å²) in [6.07, 6.45) is 12.0. The van der Waals surface area contributed by atoms with Crippen molar-refractivity contribution in [3.63, 3.8) is 0 Å². The van der Waals surface area contributed by atoms with E-state index < -0.39 is 5.97 Å². The van der Waals surface area contributed by atoms with Crippen LogP contribution < -0.4 is 0 Å². The molecule has 8 unspecified atom stereocenters. The van der Waals surface area contributed by atoms with E-state index in [1.54, 1.807) is 0 Å². The lowest BCUT2D eigenvalue weighted by Gasteiger charge is -2.60. The normalized spacial score (nSPS) is 44.6. The Balaban J connectivity index is 0.00000117. The van der Waals surface area contributed by atoms with Gasteiger partial charge in [-0.25, -0.2) is 0 Å². The Morgan fingerprint density at radius 2 is 1.72 bits per heavy atom. The van der Waals surface area contributed by atoms with Crippen LogP contribution in [0.1, 0.15) is 105 Å². The molecule has 3 heteroatoms. The molecule has 3 nitrogen and oxygen atoms in total. The van der Waals surface area contributed by atoms with Crippen molar-refractivity contribution in [2.75, 3.05) is 0 Å². The average Bonchev–Trinajstić information content (AvgIpc) is 3.05. The minimum absolute atomic E-state index is 0.243. The van der Waals surface area contributed by atoms with Gasteiger partial charge in [0.15, 0.2) is 0 Å². The number of fused-ring (bicyclic) bond motifs is 5. The second-order valence-electron chi connectivity index (χ2n) is 11.0. The van der Waals surface area contributed by atoms with Crippen molar-refractivity contribution in [1.82, 2.24) is 0 Å². The predicted molar refractivity (Wildman–Crippen MR) is 118 cm³/mol. The van der Waals surface area contributed by atoms with Gasteiger partial charge in [-0.05, 0) is 85.4 Å². The summed E-state index contributed by atoms with van der Waals surface area (Å²) in [6, 6.07) is 0. The van der Waals surface area contributed by atoms with Gasteiger partial charge in [-0.3, -0.25) is 9.59 Å². The molecule has 0 radical (unpaired) electrons. The first-order chi connectivity index (χ1) is 13.8. The number of carboxylic acids is 1. The Morgan fingerprint density at radius 3 is 2.41 bits per heavy atom. The molecule has 4 aliphatic carbocycles. The van der Waals surface area contributed by atoms with Crippen LogP contribution in [0.5, 0.6) is 0 Å². The van der Waals surface area contributed by atoms with Crippen LogP contribution in [0.25, 0.3) is 0 Å². The molecule has 4 rings (SSSR count). The number of aliphatic carboxylic acids is 1. The quantitative estimate of drug-likeness (QED) is 0.564. The zero-order valence-corrected chi connectivity index (χ0v) is 19.5. The molecule has 0 spiro atoms. The fourth-order valence-corrected chi connectivity index (χ4v) is 8.49. The molecule has 0 amide bonds. The summed E-state index contributed by atoms with van der Waals surface area (Å²) in [6.45, 7) is 11.2. The van der Waals surface area contributed by atoms with E-state index >= 15 is 0 Å². The molecule has 29 heavy (non-hydrogen) atoms. The highest BCUT2D eigenvalue weighted by atomic mass is 16.4. The fourth-order valence-electron chi connectivity index (χ4n) is 8.49. The zero-order chi connectivity index (χ0) is 21.4. The number of Topliss-reactive ketones (excluding diaryl/α,β-unsaturated/α-hetero) is 1. The first kappa shape index (κ1) is 22.8. The SMILES string of the molecule is CC.CC(CCC(=O)O)C1CCC2C3C(=O)CC4CCCCC4(C)C3CCC12C. The molecule has 0 aromatic carbocycles. The largest absolute Gasteiger partial charge is 0.481 e. The third kappa shape index (κ3) is 3.81. The van der Waals surface area contributed by atoms with E-state index in [0.717, 1.165) is 12.8 Å². The van der Waals surface area contributed by atoms with E-state index in [0.29, 0.717) is 46.7 Å². The van der Waals surface area contributed by atoms with Crippen LogP contribution in [0.15, 0.2) is 0 Å². The van der Waals surface area contributed by atoms with E-state index in [-0.39, 0.29) is 11.8 Å². The number of carbonyl (C=O) groups is 2. The Labute approximate surface area is 178 Å². The standard InChI is InChI=1S/C24H38O3.C2H6/c1-15(7-10-21(26)27)17-8-9-18-22-19(11-13-24(17,18)3)23(2)12-5-4-6-16(23)14-20(22)25;1-2/h15-19,22H,4-14H2,1-3H3,(H,26,27);1-2H3. The molecule has 0 bridgehead atoms. The van der Waals surface area contributed by atoms with Crippen molar-refractivity contribution in [3.05, 3.63) is 0 Å². The van der Waals surface area contributed by atoms with E-state index in [1.807, 2.05) is 13.8 Å². The smallest absolute Gasteiger partial charge is 0.303 e. The van der Waals surface area contributed by atoms with Gasteiger partial charge in [0.2, 0.25) is 0 Å². The minimum atomic E-state index is -0.677. The number of carboxylic acid groups (broad SMARTS) is 1. The molecule has 1 N–H and O–H groups in total. The van der Waals surface area contributed by atoms with Crippen molar-refractivity contribution in [3.8, 4) is 0 Å². The Kier molecular flexibility index (Phi) is 6.85. The maximum Gasteiger partial charge on any atom is 0.303 e. The van der Waals surface area contributed by atoms with Gasteiger partial charge in [-0.1, -0.05) is 47.5 Å². The molecule has 0 saturated heterocycles. The highest BCUT2D eigenvalue weighted by Gasteiger charge is 2.62. The van der Waals surface area contributed by atoms with Gasteiger partial charge in [0.25, 0.3) is 0 Å². The molecule has 8 atom stereocenters. The van der Waals surface area contributed by atoms with Gasteiger partial charge in [0.05, 0.1) is 0 Å². The molecule has 0 heterocycles. The Bertz CT molecular complexity index is 613. The second-order valence-corrected chi connectivity index (χ2v) is 11.0. The van der Waals surface area contributed by atoms with Crippen molar-refractivity contribution >= 4 is 11.8 Å².